The van der Waals surface area contributed by atoms with Crippen molar-refractivity contribution in [2.75, 3.05) is 11.1 Å². The highest BCUT2D eigenvalue weighted by Crippen LogP contribution is 2.31. The molecule has 0 saturated heterocycles. The molecule has 2 amide bonds. The number of carboxylic acid groups (broad SMARTS) is 1. The quantitative estimate of drug-likeness (QED) is 0.169. The molecular weight excluding hydrogens is 522 g/mol. The third-order valence-corrected chi connectivity index (χ3v) is 5.64. The average Bonchev–Trinajstić information content (AvgIpc) is 3.36. The largest absolute Gasteiger partial charge is 0.465 e. The van der Waals surface area contributed by atoms with Gasteiger partial charge in [-0.3, -0.25) is 4.79 Å². The SMILES string of the molecule is Nc1ccc(C(O)c2ccc(F)c(NC(=O)c3cc(C(F)(F)F)nn3-c3cccc(CNC(=O)O)c3)c2)cc1. The van der Waals surface area contributed by atoms with E-state index in [0.717, 1.165) is 16.8 Å². The summed E-state index contributed by atoms with van der Waals surface area (Å²) < 4.78 is 55.8. The van der Waals surface area contributed by atoms with E-state index in [1.165, 1.54) is 30.3 Å². The van der Waals surface area contributed by atoms with Crippen LogP contribution < -0.4 is 16.4 Å². The van der Waals surface area contributed by atoms with Crippen LogP contribution in [0.3, 0.4) is 0 Å². The number of hydrogen-bond acceptors (Lipinski definition) is 5. The molecule has 9 nitrogen and oxygen atoms in total. The molecule has 1 heterocycles. The van der Waals surface area contributed by atoms with Crippen molar-refractivity contribution < 1.29 is 37.4 Å². The number of nitrogen functional groups attached to an aromatic ring is 1. The first kappa shape index (κ1) is 27.1. The molecule has 0 bridgehead atoms. The van der Waals surface area contributed by atoms with Crippen molar-refractivity contribution in [1.29, 1.82) is 0 Å². The first-order chi connectivity index (χ1) is 18.4. The Bertz CT molecular complexity index is 1520. The van der Waals surface area contributed by atoms with Gasteiger partial charge in [-0.1, -0.05) is 30.3 Å². The van der Waals surface area contributed by atoms with Gasteiger partial charge in [0.25, 0.3) is 5.91 Å². The van der Waals surface area contributed by atoms with Crippen molar-refractivity contribution in [2.24, 2.45) is 0 Å². The van der Waals surface area contributed by atoms with Gasteiger partial charge in [-0.25, -0.2) is 13.9 Å². The Balaban J connectivity index is 1.67. The van der Waals surface area contributed by atoms with E-state index in [0.29, 0.717) is 22.9 Å². The molecular formula is C26H21F4N5O4. The second kappa shape index (κ2) is 10.8. The highest BCUT2D eigenvalue weighted by molar-refractivity contribution is 6.03. The van der Waals surface area contributed by atoms with Crippen LogP contribution in [0.25, 0.3) is 5.69 Å². The summed E-state index contributed by atoms with van der Waals surface area (Å²) in [7, 11) is 0. The van der Waals surface area contributed by atoms with Crippen LogP contribution in [-0.2, 0) is 12.7 Å². The number of anilines is 2. The summed E-state index contributed by atoms with van der Waals surface area (Å²) in [4.78, 5) is 23.9. The molecule has 4 aromatic rings. The van der Waals surface area contributed by atoms with E-state index >= 15 is 0 Å². The maximum absolute atomic E-state index is 14.6. The monoisotopic (exact) mass is 543 g/mol. The standard InChI is InChI=1S/C26H21F4N5O4/c27-19-9-6-16(23(36)15-4-7-17(31)8-5-15)11-20(19)33-24(37)21-12-22(26(28,29)30)34-35(21)18-3-1-2-14(10-18)13-32-25(38)39/h1-12,23,32,36H,13,31H2,(H,33,37)(H,38,39). The minimum absolute atomic E-state index is 0.0355. The van der Waals surface area contributed by atoms with Gasteiger partial charge in [0.2, 0.25) is 0 Å². The van der Waals surface area contributed by atoms with E-state index in [1.807, 2.05) is 0 Å². The second-order valence-electron chi connectivity index (χ2n) is 8.42. The van der Waals surface area contributed by atoms with Gasteiger partial charge in [0.05, 0.1) is 11.4 Å². The van der Waals surface area contributed by atoms with E-state index in [4.69, 9.17) is 10.8 Å². The van der Waals surface area contributed by atoms with Crippen LogP contribution in [0.1, 0.15) is 39.0 Å². The topological polar surface area (TPSA) is 142 Å². The lowest BCUT2D eigenvalue weighted by Crippen LogP contribution is -2.20. The number of benzene rings is 3. The molecule has 1 atom stereocenters. The summed E-state index contributed by atoms with van der Waals surface area (Å²) >= 11 is 0. The van der Waals surface area contributed by atoms with Crippen molar-refractivity contribution in [1.82, 2.24) is 15.1 Å². The molecule has 4 rings (SSSR count). The third-order valence-electron chi connectivity index (χ3n) is 5.64. The van der Waals surface area contributed by atoms with Gasteiger partial charge in [-0.15, -0.1) is 0 Å². The zero-order chi connectivity index (χ0) is 28.3. The predicted octanol–water partition coefficient (Wildman–Crippen LogP) is 4.71. The molecule has 0 radical (unpaired) electrons. The Kier molecular flexibility index (Phi) is 7.54. The number of hydrogen-bond donors (Lipinski definition) is 5. The Morgan fingerprint density at radius 2 is 1.69 bits per heavy atom. The molecule has 0 fully saturated rings. The molecule has 0 aliphatic heterocycles. The lowest BCUT2D eigenvalue weighted by molar-refractivity contribution is -0.141. The van der Waals surface area contributed by atoms with Gasteiger partial charge in [0.15, 0.2) is 5.69 Å². The second-order valence-corrected chi connectivity index (χ2v) is 8.42. The molecule has 1 unspecified atom stereocenters. The number of nitrogens with one attached hydrogen (secondary N) is 2. The number of carbonyl (C=O) groups is 2. The third kappa shape index (κ3) is 6.33. The van der Waals surface area contributed by atoms with E-state index in [2.05, 4.69) is 15.7 Å². The molecule has 0 aliphatic rings. The van der Waals surface area contributed by atoms with Crippen LogP contribution in [0.15, 0.2) is 72.8 Å². The smallest absolute Gasteiger partial charge is 0.435 e. The van der Waals surface area contributed by atoms with Crippen molar-refractivity contribution >= 4 is 23.4 Å². The Labute approximate surface area is 218 Å². The van der Waals surface area contributed by atoms with Crippen LogP contribution in [0.2, 0.25) is 0 Å². The van der Waals surface area contributed by atoms with Crippen LogP contribution in [0, 0.1) is 5.82 Å². The summed E-state index contributed by atoms with van der Waals surface area (Å²) in [6, 6.07) is 16.0. The number of aliphatic hydroxyl groups is 1. The van der Waals surface area contributed by atoms with Gasteiger partial charge in [-0.2, -0.15) is 18.3 Å². The van der Waals surface area contributed by atoms with Gasteiger partial charge >= 0.3 is 12.3 Å². The summed E-state index contributed by atoms with van der Waals surface area (Å²) in [5, 5.41) is 27.4. The van der Waals surface area contributed by atoms with Gasteiger partial charge < -0.3 is 26.6 Å². The van der Waals surface area contributed by atoms with Crippen molar-refractivity contribution in [3.05, 3.63) is 107 Å². The Morgan fingerprint density at radius 1 is 1.00 bits per heavy atom. The zero-order valence-electron chi connectivity index (χ0n) is 19.9. The van der Waals surface area contributed by atoms with E-state index in [1.54, 1.807) is 24.3 Å². The van der Waals surface area contributed by atoms with Gasteiger partial charge in [0.1, 0.15) is 17.6 Å². The lowest BCUT2D eigenvalue weighted by Gasteiger charge is -2.15. The molecule has 13 heteroatoms. The van der Waals surface area contributed by atoms with Crippen molar-refractivity contribution in [3.63, 3.8) is 0 Å². The number of aliphatic hydroxyl groups excluding tert-OH is 1. The zero-order valence-corrected chi connectivity index (χ0v) is 19.9. The van der Waals surface area contributed by atoms with Gasteiger partial charge in [-0.05, 0) is 53.1 Å². The summed E-state index contributed by atoms with van der Waals surface area (Å²) in [6.45, 7) is -0.146. The van der Waals surface area contributed by atoms with Crippen LogP contribution in [-0.4, -0.2) is 32.0 Å². The summed E-state index contributed by atoms with van der Waals surface area (Å²) in [5.74, 6) is -1.99. The Hall–Kier alpha value is -4.91. The van der Waals surface area contributed by atoms with Crippen LogP contribution >= 0.6 is 0 Å². The first-order valence-electron chi connectivity index (χ1n) is 11.3. The van der Waals surface area contributed by atoms with E-state index < -0.39 is 41.5 Å². The fraction of sp³-hybridized carbons (Fsp3) is 0.115. The minimum Gasteiger partial charge on any atom is -0.465 e. The first-order valence-corrected chi connectivity index (χ1v) is 11.3. The summed E-state index contributed by atoms with van der Waals surface area (Å²) in [5.41, 5.74) is 4.89. The molecule has 3 aromatic carbocycles. The number of amides is 2. The molecule has 202 valence electrons. The van der Waals surface area contributed by atoms with Crippen LogP contribution in [0.4, 0.5) is 33.7 Å². The number of alkyl halides is 3. The number of aromatic nitrogens is 2. The highest BCUT2D eigenvalue weighted by atomic mass is 19.4. The molecule has 39 heavy (non-hydrogen) atoms. The fourth-order valence-corrected chi connectivity index (χ4v) is 3.72. The maximum Gasteiger partial charge on any atom is 0.435 e. The van der Waals surface area contributed by atoms with E-state index in [9.17, 15) is 32.3 Å². The molecule has 0 saturated carbocycles. The molecule has 0 spiro atoms. The average molecular weight is 543 g/mol. The van der Waals surface area contributed by atoms with Gasteiger partial charge in [0, 0.05) is 18.3 Å². The van der Waals surface area contributed by atoms with Crippen molar-refractivity contribution in [3.8, 4) is 5.69 Å². The fourth-order valence-electron chi connectivity index (χ4n) is 3.72. The lowest BCUT2D eigenvalue weighted by atomic mass is 10.0. The number of rotatable bonds is 7. The van der Waals surface area contributed by atoms with Crippen LogP contribution in [0.5, 0.6) is 0 Å². The summed E-state index contributed by atoms with van der Waals surface area (Å²) in [6.07, 6.45) is -7.40. The molecule has 1 aromatic heterocycles. The Morgan fingerprint density at radius 3 is 2.36 bits per heavy atom. The highest BCUT2D eigenvalue weighted by Gasteiger charge is 2.36. The number of carbonyl (C=O) groups excluding carboxylic acids is 1. The number of nitrogens with zero attached hydrogens (tertiary/aromatic N) is 2. The maximum atomic E-state index is 14.6. The molecule has 6 N–H and O–H groups in total. The predicted molar refractivity (Wildman–Crippen MR) is 133 cm³/mol. The van der Waals surface area contributed by atoms with Crippen molar-refractivity contribution in [2.45, 2.75) is 18.8 Å². The molecule has 0 aliphatic carbocycles. The van der Waals surface area contributed by atoms with E-state index in [-0.39, 0.29) is 23.5 Å². The number of halogens is 4. The number of nitrogens with two attached hydrogens (primary N) is 1. The normalized spacial score (nSPS) is 12.1. The minimum atomic E-state index is -4.89.